The molecule has 0 aromatic heterocycles. The summed E-state index contributed by atoms with van der Waals surface area (Å²) in [5.74, 6) is 1.85. The average Bonchev–Trinajstić information content (AvgIpc) is 2.80. The first kappa shape index (κ1) is 21.5. The Balaban J connectivity index is 1.71. The summed E-state index contributed by atoms with van der Waals surface area (Å²) >= 11 is 0. The lowest BCUT2D eigenvalue weighted by atomic mass is 10.1. The highest BCUT2D eigenvalue weighted by Gasteiger charge is 2.25. The molecular formula is C23H28N2O5. The minimum Gasteiger partial charge on any atom is -0.497 e. The van der Waals surface area contributed by atoms with Crippen LogP contribution >= 0.6 is 0 Å². The van der Waals surface area contributed by atoms with Gasteiger partial charge in [0.25, 0.3) is 0 Å². The zero-order valence-corrected chi connectivity index (χ0v) is 17.6. The number of amides is 2. The number of benzene rings is 2. The van der Waals surface area contributed by atoms with Gasteiger partial charge in [0.2, 0.25) is 11.8 Å². The fraction of sp³-hybridized carbons (Fsp3) is 0.391. The monoisotopic (exact) mass is 412 g/mol. The number of fused-ring (bicyclic) bond motifs is 1. The average molecular weight is 412 g/mol. The number of nitrogens with zero attached hydrogens (tertiary/aromatic N) is 1. The van der Waals surface area contributed by atoms with Crippen molar-refractivity contribution in [2.24, 2.45) is 0 Å². The number of hydrogen-bond donors (Lipinski definition) is 1. The van der Waals surface area contributed by atoms with Gasteiger partial charge in [-0.25, -0.2) is 0 Å². The molecule has 30 heavy (non-hydrogen) atoms. The minimum absolute atomic E-state index is 0.0937. The van der Waals surface area contributed by atoms with Crippen LogP contribution in [0, 0.1) is 0 Å². The first-order chi connectivity index (χ1) is 14.5. The van der Waals surface area contributed by atoms with Gasteiger partial charge < -0.3 is 24.4 Å². The maximum absolute atomic E-state index is 13.1. The lowest BCUT2D eigenvalue weighted by molar-refractivity contribution is -0.140. The van der Waals surface area contributed by atoms with Crippen LogP contribution in [0.4, 0.5) is 0 Å². The highest BCUT2D eigenvalue weighted by atomic mass is 16.6. The van der Waals surface area contributed by atoms with Crippen molar-refractivity contribution in [1.29, 1.82) is 0 Å². The number of aryl methyl sites for hydroxylation is 1. The van der Waals surface area contributed by atoms with Crippen LogP contribution in [0.5, 0.6) is 17.2 Å². The Morgan fingerprint density at radius 2 is 1.87 bits per heavy atom. The Kier molecular flexibility index (Phi) is 7.17. The van der Waals surface area contributed by atoms with Crippen LogP contribution < -0.4 is 19.5 Å². The Morgan fingerprint density at radius 1 is 1.10 bits per heavy atom. The zero-order valence-electron chi connectivity index (χ0n) is 17.6. The fourth-order valence-corrected chi connectivity index (χ4v) is 3.40. The van der Waals surface area contributed by atoms with Crippen molar-refractivity contribution in [3.05, 3.63) is 53.6 Å². The Morgan fingerprint density at radius 3 is 2.60 bits per heavy atom. The van der Waals surface area contributed by atoms with Crippen molar-refractivity contribution in [3.8, 4) is 17.2 Å². The summed E-state index contributed by atoms with van der Waals surface area (Å²) in [6, 6.07) is 12.6. The van der Waals surface area contributed by atoms with E-state index in [0.717, 1.165) is 16.9 Å². The van der Waals surface area contributed by atoms with Gasteiger partial charge in [-0.3, -0.25) is 9.59 Å². The smallest absolute Gasteiger partial charge is 0.242 e. The van der Waals surface area contributed by atoms with E-state index in [4.69, 9.17) is 14.2 Å². The van der Waals surface area contributed by atoms with E-state index in [1.807, 2.05) is 42.5 Å². The zero-order chi connectivity index (χ0) is 21.5. The third-order valence-electron chi connectivity index (χ3n) is 5.13. The number of ether oxygens (including phenoxy) is 3. The predicted molar refractivity (Wildman–Crippen MR) is 113 cm³/mol. The van der Waals surface area contributed by atoms with Crippen LogP contribution in [0.1, 0.15) is 24.5 Å². The van der Waals surface area contributed by atoms with Crippen LogP contribution in [0.25, 0.3) is 0 Å². The Bertz CT molecular complexity index is 899. The molecule has 2 amide bonds. The van der Waals surface area contributed by atoms with E-state index < -0.39 is 6.04 Å². The van der Waals surface area contributed by atoms with Crippen molar-refractivity contribution >= 4 is 11.8 Å². The third kappa shape index (κ3) is 5.23. The second-order valence-electron chi connectivity index (χ2n) is 7.14. The number of hydrogen-bond acceptors (Lipinski definition) is 5. The van der Waals surface area contributed by atoms with Crippen molar-refractivity contribution in [2.75, 3.05) is 27.4 Å². The van der Waals surface area contributed by atoms with Crippen molar-refractivity contribution in [1.82, 2.24) is 10.2 Å². The lowest BCUT2D eigenvalue weighted by Gasteiger charge is -2.28. The second kappa shape index (κ2) is 10.0. The topological polar surface area (TPSA) is 77.1 Å². The van der Waals surface area contributed by atoms with Crippen LogP contribution in [0.2, 0.25) is 0 Å². The Hall–Kier alpha value is -3.22. The van der Waals surface area contributed by atoms with Crippen LogP contribution in [-0.4, -0.2) is 50.1 Å². The van der Waals surface area contributed by atoms with E-state index in [2.05, 4.69) is 5.32 Å². The van der Waals surface area contributed by atoms with Gasteiger partial charge in [-0.05, 0) is 48.7 Å². The molecule has 0 spiro atoms. The van der Waals surface area contributed by atoms with Gasteiger partial charge in [0.05, 0.1) is 7.11 Å². The molecule has 7 heteroatoms. The number of methoxy groups -OCH3 is 1. The van der Waals surface area contributed by atoms with Crippen molar-refractivity contribution < 1.29 is 23.8 Å². The molecule has 0 saturated carbocycles. The molecule has 7 nitrogen and oxygen atoms in total. The summed E-state index contributed by atoms with van der Waals surface area (Å²) < 4.78 is 16.4. The molecule has 2 aromatic rings. The van der Waals surface area contributed by atoms with Crippen molar-refractivity contribution in [2.45, 2.75) is 32.4 Å². The van der Waals surface area contributed by atoms with Gasteiger partial charge in [-0.2, -0.15) is 0 Å². The molecule has 0 saturated heterocycles. The molecule has 3 rings (SSSR count). The molecule has 2 aromatic carbocycles. The number of likely N-dealkylation sites (N-methyl/N-ethyl adjacent to an activating group) is 1. The summed E-state index contributed by atoms with van der Waals surface area (Å²) in [5.41, 5.74) is 1.89. The summed E-state index contributed by atoms with van der Waals surface area (Å²) in [5, 5.41) is 2.63. The molecule has 1 aliphatic rings. The molecule has 1 atom stereocenters. The largest absolute Gasteiger partial charge is 0.497 e. The minimum atomic E-state index is -0.589. The number of carbonyl (C=O) groups is 2. The highest BCUT2D eigenvalue weighted by Crippen LogP contribution is 2.31. The highest BCUT2D eigenvalue weighted by molar-refractivity contribution is 5.87. The van der Waals surface area contributed by atoms with Gasteiger partial charge >= 0.3 is 0 Å². The molecule has 160 valence electrons. The van der Waals surface area contributed by atoms with Crippen molar-refractivity contribution in [3.63, 3.8) is 0 Å². The summed E-state index contributed by atoms with van der Waals surface area (Å²) in [7, 11) is 3.17. The summed E-state index contributed by atoms with van der Waals surface area (Å²) in [6.45, 7) is 3.13. The quantitative estimate of drug-likeness (QED) is 0.721. The SMILES string of the molecule is CNC(=O)[C@@H](C)N(Cc1cccc(OC)c1)C(=O)CCc1ccc2c(c1)OCCO2. The molecule has 0 unspecified atom stereocenters. The van der Waals surface area contributed by atoms with Gasteiger partial charge in [-0.15, -0.1) is 0 Å². The molecule has 1 aliphatic heterocycles. The molecule has 0 fully saturated rings. The van der Waals surface area contributed by atoms with Gasteiger partial charge in [0.1, 0.15) is 25.0 Å². The maximum atomic E-state index is 13.1. The third-order valence-corrected chi connectivity index (χ3v) is 5.13. The molecule has 0 radical (unpaired) electrons. The lowest BCUT2D eigenvalue weighted by Crippen LogP contribution is -2.46. The van der Waals surface area contributed by atoms with Crippen LogP contribution in [-0.2, 0) is 22.6 Å². The van der Waals surface area contributed by atoms with Crippen LogP contribution in [0.15, 0.2) is 42.5 Å². The van der Waals surface area contributed by atoms with Gasteiger partial charge in [0, 0.05) is 20.0 Å². The molecule has 0 bridgehead atoms. The first-order valence-corrected chi connectivity index (χ1v) is 10.0. The maximum Gasteiger partial charge on any atom is 0.242 e. The summed E-state index contributed by atoms with van der Waals surface area (Å²) in [6.07, 6.45) is 0.829. The molecule has 1 N–H and O–H groups in total. The van der Waals surface area contributed by atoms with Gasteiger partial charge in [0.15, 0.2) is 11.5 Å². The summed E-state index contributed by atoms with van der Waals surface area (Å²) in [4.78, 5) is 26.9. The number of nitrogens with one attached hydrogen (secondary N) is 1. The number of rotatable bonds is 8. The standard InChI is InChI=1S/C23H28N2O5/c1-16(23(27)24-2)25(15-18-5-4-6-19(13-18)28-3)22(26)10-8-17-7-9-20-21(14-17)30-12-11-29-20/h4-7,9,13-14,16H,8,10-12,15H2,1-3H3,(H,24,27)/t16-/m1/s1. The van der Waals surface area contributed by atoms with E-state index in [1.54, 1.807) is 26.0 Å². The van der Waals surface area contributed by atoms with Crippen LogP contribution in [0.3, 0.4) is 0 Å². The van der Waals surface area contributed by atoms with E-state index in [0.29, 0.717) is 37.7 Å². The predicted octanol–water partition coefficient (Wildman–Crippen LogP) is 2.56. The molecular weight excluding hydrogens is 384 g/mol. The second-order valence-corrected chi connectivity index (χ2v) is 7.14. The number of carbonyl (C=O) groups excluding carboxylic acids is 2. The Labute approximate surface area is 176 Å². The van der Waals surface area contributed by atoms with E-state index in [1.165, 1.54) is 0 Å². The first-order valence-electron chi connectivity index (χ1n) is 10.0. The van der Waals surface area contributed by atoms with E-state index >= 15 is 0 Å². The normalized spacial score (nSPS) is 13.3. The van der Waals surface area contributed by atoms with E-state index in [9.17, 15) is 9.59 Å². The molecule has 1 heterocycles. The fourth-order valence-electron chi connectivity index (χ4n) is 3.40. The van der Waals surface area contributed by atoms with Gasteiger partial charge in [-0.1, -0.05) is 18.2 Å². The van der Waals surface area contributed by atoms with E-state index in [-0.39, 0.29) is 18.2 Å². The molecule has 0 aliphatic carbocycles.